The third-order valence-corrected chi connectivity index (χ3v) is 6.10. The normalized spacial score (nSPS) is 17.6. The molecule has 0 saturated carbocycles. The Morgan fingerprint density at radius 3 is 2.35 bits per heavy atom. The fourth-order valence-electron chi connectivity index (χ4n) is 3.56. The Labute approximate surface area is 183 Å². The van der Waals surface area contributed by atoms with E-state index >= 15 is 0 Å². The lowest BCUT2D eigenvalue weighted by Gasteiger charge is -2.24. The Morgan fingerprint density at radius 1 is 1.03 bits per heavy atom. The number of methoxy groups -OCH3 is 3. The maximum absolute atomic E-state index is 12.9. The molecule has 1 aromatic carbocycles. The molecule has 31 heavy (non-hydrogen) atoms. The van der Waals surface area contributed by atoms with Crippen LogP contribution in [0, 0.1) is 11.8 Å². The lowest BCUT2D eigenvalue weighted by molar-refractivity contribution is -0.146. The minimum Gasteiger partial charge on any atom is -0.497 e. The summed E-state index contributed by atoms with van der Waals surface area (Å²) in [6.07, 6.45) is 4.17. The summed E-state index contributed by atoms with van der Waals surface area (Å²) in [6, 6.07) is 5.18. The first kappa shape index (κ1) is 22.4. The van der Waals surface area contributed by atoms with Gasteiger partial charge in [-0.3, -0.25) is 9.59 Å². The average molecular weight is 445 g/mol. The van der Waals surface area contributed by atoms with Crippen molar-refractivity contribution in [1.29, 1.82) is 0 Å². The molecule has 0 bridgehead atoms. The van der Waals surface area contributed by atoms with Crippen molar-refractivity contribution in [3.05, 3.63) is 41.3 Å². The summed E-state index contributed by atoms with van der Waals surface area (Å²) in [5.41, 5.74) is 1.34. The number of esters is 1. The van der Waals surface area contributed by atoms with Crippen LogP contribution in [0.4, 0.5) is 5.00 Å². The fraction of sp³-hybridized carbons (Fsp3) is 0.318. The second-order valence-corrected chi connectivity index (χ2v) is 7.77. The average Bonchev–Trinajstić information content (AvgIpc) is 3.20. The van der Waals surface area contributed by atoms with E-state index in [4.69, 9.17) is 14.2 Å². The van der Waals surface area contributed by atoms with Gasteiger partial charge in [-0.05, 0) is 25.0 Å². The van der Waals surface area contributed by atoms with E-state index in [9.17, 15) is 19.5 Å². The van der Waals surface area contributed by atoms with E-state index in [1.165, 1.54) is 21.3 Å². The molecule has 1 aliphatic carbocycles. The third-order valence-electron chi connectivity index (χ3n) is 5.20. The van der Waals surface area contributed by atoms with Crippen molar-refractivity contribution in [2.24, 2.45) is 11.8 Å². The Hall–Kier alpha value is -3.33. The lowest BCUT2D eigenvalue weighted by atomic mass is 9.82. The first-order chi connectivity index (χ1) is 14.9. The van der Waals surface area contributed by atoms with Crippen LogP contribution in [0.5, 0.6) is 11.5 Å². The number of benzene rings is 1. The Morgan fingerprint density at radius 2 is 1.74 bits per heavy atom. The number of carboxylic acid groups (broad SMARTS) is 1. The van der Waals surface area contributed by atoms with E-state index in [1.54, 1.807) is 35.7 Å². The van der Waals surface area contributed by atoms with Gasteiger partial charge in [-0.15, -0.1) is 11.3 Å². The number of hydrogen-bond acceptors (Lipinski definition) is 7. The summed E-state index contributed by atoms with van der Waals surface area (Å²) in [5, 5.41) is 14.2. The van der Waals surface area contributed by atoms with Gasteiger partial charge in [-0.25, -0.2) is 4.79 Å². The maximum atomic E-state index is 12.9. The number of hydrogen-bond donors (Lipinski definition) is 2. The smallest absolute Gasteiger partial charge is 0.341 e. The van der Waals surface area contributed by atoms with Crippen LogP contribution in [0.1, 0.15) is 23.2 Å². The number of anilines is 1. The van der Waals surface area contributed by atoms with E-state index in [-0.39, 0.29) is 12.0 Å². The predicted molar refractivity (Wildman–Crippen MR) is 116 cm³/mol. The molecule has 0 saturated heterocycles. The van der Waals surface area contributed by atoms with Crippen LogP contribution >= 0.6 is 11.3 Å². The number of carbonyl (C=O) groups excluding carboxylic acids is 2. The zero-order valence-electron chi connectivity index (χ0n) is 17.3. The van der Waals surface area contributed by atoms with E-state index < -0.39 is 29.7 Å². The molecule has 2 N–H and O–H groups in total. The number of nitrogens with one attached hydrogen (secondary N) is 1. The van der Waals surface area contributed by atoms with Crippen molar-refractivity contribution >= 4 is 34.2 Å². The Kier molecular flexibility index (Phi) is 6.96. The van der Waals surface area contributed by atoms with Crippen molar-refractivity contribution in [1.82, 2.24) is 0 Å². The minimum atomic E-state index is -1.02. The van der Waals surface area contributed by atoms with E-state index in [0.717, 1.165) is 11.3 Å². The van der Waals surface area contributed by atoms with E-state index in [1.807, 2.05) is 0 Å². The van der Waals surface area contributed by atoms with Gasteiger partial charge in [0.05, 0.1) is 33.2 Å². The minimum absolute atomic E-state index is 0.183. The molecule has 2 atom stereocenters. The molecule has 1 amide bonds. The number of rotatable bonds is 7. The predicted octanol–water partition coefficient (Wildman–Crippen LogP) is 3.82. The van der Waals surface area contributed by atoms with Crippen LogP contribution in [-0.4, -0.2) is 44.3 Å². The van der Waals surface area contributed by atoms with Crippen LogP contribution in [0.2, 0.25) is 0 Å². The number of carbonyl (C=O) groups is 3. The molecule has 1 aliphatic rings. The molecule has 164 valence electrons. The van der Waals surface area contributed by atoms with E-state index in [2.05, 4.69) is 5.32 Å². The molecule has 2 aromatic rings. The summed E-state index contributed by atoms with van der Waals surface area (Å²) in [6.45, 7) is 0. The van der Waals surface area contributed by atoms with Crippen LogP contribution in [0.3, 0.4) is 0 Å². The highest BCUT2D eigenvalue weighted by Crippen LogP contribution is 2.42. The lowest BCUT2D eigenvalue weighted by Crippen LogP contribution is -2.34. The molecule has 1 aromatic heterocycles. The molecule has 0 aliphatic heterocycles. The van der Waals surface area contributed by atoms with Gasteiger partial charge < -0.3 is 24.6 Å². The van der Waals surface area contributed by atoms with Crippen molar-refractivity contribution in [2.75, 3.05) is 26.6 Å². The number of aliphatic carboxylic acids is 1. The molecule has 0 radical (unpaired) electrons. The summed E-state index contributed by atoms with van der Waals surface area (Å²) >= 11 is 1.16. The molecular formula is C22H23NO7S. The second kappa shape index (κ2) is 9.65. The summed E-state index contributed by atoms with van der Waals surface area (Å²) in [5.74, 6) is -2.55. The second-order valence-electron chi connectivity index (χ2n) is 6.89. The van der Waals surface area contributed by atoms with Gasteiger partial charge >= 0.3 is 11.9 Å². The van der Waals surface area contributed by atoms with Gasteiger partial charge in [-0.2, -0.15) is 0 Å². The molecule has 0 fully saturated rings. The zero-order chi connectivity index (χ0) is 22.5. The molecule has 9 heteroatoms. The molecule has 1 heterocycles. The van der Waals surface area contributed by atoms with Gasteiger partial charge in [0.25, 0.3) is 0 Å². The third kappa shape index (κ3) is 4.56. The number of ether oxygens (including phenoxy) is 3. The first-order valence-electron chi connectivity index (χ1n) is 9.52. The van der Waals surface area contributed by atoms with Gasteiger partial charge in [0.1, 0.15) is 22.1 Å². The molecule has 3 rings (SSSR count). The number of allylic oxidation sites excluding steroid dienone is 2. The van der Waals surface area contributed by atoms with Crippen LogP contribution in [0.25, 0.3) is 11.1 Å². The van der Waals surface area contributed by atoms with Crippen molar-refractivity contribution in [3.8, 4) is 22.6 Å². The SMILES string of the molecule is COC(=O)c1c(-c2ccc(OC)cc2OC)csc1NC(=O)[C@@H]1CC=CC[C@@H]1C(=O)O. The largest absolute Gasteiger partial charge is 0.497 e. The molecule has 0 spiro atoms. The number of carboxylic acids is 1. The van der Waals surface area contributed by atoms with Gasteiger partial charge in [0.15, 0.2) is 0 Å². The summed E-state index contributed by atoms with van der Waals surface area (Å²) in [4.78, 5) is 37.1. The van der Waals surface area contributed by atoms with Crippen LogP contribution in [0.15, 0.2) is 35.7 Å². The monoisotopic (exact) mass is 445 g/mol. The topological polar surface area (TPSA) is 111 Å². The quantitative estimate of drug-likeness (QED) is 0.492. The Bertz CT molecular complexity index is 1030. The molecular weight excluding hydrogens is 422 g/mol. The molecule has 0 unspecified atom stereocenters. The Balaban J connectivity index is 1.99. The van der Waals surface area contributed by atoms with Crippen molar-refractivity contribution < 1.29 is 33.7 Å². The van der Waals surface area contributed by atoms with Crippen molar-refractivity contribution in [3.63, 3.8) is 0 Å². The zero-order valence-corrected chi connectivity index (χ0v) is 18.2. The standard InChI is InChI=1S/C22H23NO7S/c1-28-12-8-9-13(17(10-12)29-2)16-11-31-20(18(16)22(27)30-3)23-19(24)14-6-4-5-7-15(14)21(25)26/h4-5,8-11,14-15H,6-7H2,1-3H3,(H,23,24)(H,25,26)/t14-,15+/m1/s1. The first-order valence-corrected chi connectivity index (χ1v) is 10.4. The van der Waals surface area contributed by atoms with Gasteiger partial charge in [0, 0.05) is 22.6 Å². The highest BCUT2D eigenvalue weighted by atomic mass is 32.1. The summed E-state index contributed by atoms with van der Waals surface area (Å²) in [7, 11) is 4.30. The summed E-state index contributed by atoms with van der Waals surface area (Å²) < 4.78 is 15.6. The van der Waals surface area contributed by atoms with Gasteiger partial charge in [0.2, 0.25) is 5.91 Å². The van der Waals surface area contributed by atoms with Crippen LogP contribution in [-0.2, 0) is 14.3 Å². The van der Waals surface area contributed by atoms with Crippen molar-refractivity contribution in [2.45, 2.75) is 12.8 Å². The highest BCUT2D eigenvalue weighted by Gasteiger charge is 2.35. The number of amides is 1. The van der Waals surface area contributed by atoms with E-state index in [0.29, 0.717) is 34.0 Å². The highest BCUT2D eigenvalue weighted by molar-refractivity contribution is 7.15. The van der Waals surface area contributed by atoms with Crippen LogP contribution < -0.4 is 14.8 Å². The number of thiophene rings is 1. The maximum Gasteiger partial charge on any atom is 0.341 e. The van der Waals surface area contributed by atoms with Gasteiger partial charge in [-0.1, -0.05) is 12.2 Å². The fourth-order valence-corrected chi connectivity index (χ4v) is 4.51. The molecule has 8 nitrogen and oxygen atoms in total.